The predicted octanol–water partition coefficient (Wildman–Crippen LogP) is 1.88. The highest BCUT2D eigenvalue weighted by molar-refractivity contribution is 5.96. The molecule has 1 saturated heterocycles. The molecule has 1 aromatic rings. The van der Waals surface area contributed by atoms with E-state index in [1.165, 1.54) is 13.2 Å². The van der Waals surface area contributed by atoms with E-state index in [9.17, 15) is 19.7 Å². The van der Waals surface area contributed by atoms with Crippen LogP contribution in [0.1, 0.15) is 36.5 Å². The monoisotopic (exact) mass is 335 g/mol. The molecule has 1 fully saturated rings. The lowest BCUT2D eigenvalue weighted by Crippen LogP contribution is -2.34. The van der Waals surface area contributed by atoms with Crippen molar-refractivity contribution in [3.63, 3.8) is 0 Å². The van der Waals surface area contributed by atoms with E-state index < -0.39 is 22.8 Å². The summed E-state index contributed by atoms with van der Waals surface area (Å²) in [4.78, 5) is 36.3. The maximum atomic E-state index is 12.2. The predicted molar refractivity (Wildman–Crippen MR) is 88.1 cm³/mol. The van der Waals surface area contributed by atoms with Crippen LogP contribution in [-0.4, -0.2) is 43.0 Å². The third kappa shape index (κ3) is 4.21. The van der Waals surface area contributed by atoms with Gasteiger partial charge in [0.2, 0.25) is 0 Å². The Kier molecular flexibility index (Phi) is 5.73. The van der Waals surface area contributed by atoms with Gasteiger partial charge in [-0.05, 0) is 31.9 Å². The standard InChI is InChI=1S/C16H21N3O5/c1-11(9-15(20)24-2)17-16(21)12-5-6-13(14(10-12)19(22)23)18-7-3-4-8-18/h5-6,10-11H,3-4,7-9H2,1-2H3,(H,17,21). The number of nitro groups is 1. The van der Waals surface area contributed by atoms with Crippen LogP contribution >= 0.6 is 0 Å². The maximum absolute atomic E-state index is 12.2. The van der Waals surface area contributed by atoms with E-state index in [1.54, 1.807) is 19.1 Å². The van der Waals surface area contributed by atoms with Gasteiger partial charge in [-0.15, -0.1) is 0 Å². The molecule has 1 atom stereocenters. The lowest BCUT2D eigenvalue weighted by Gasteiger charge is -2.18. The molecule has 24 heavy (non-hydrogen) atoms. The van der Waals surface area contributed by atoms with Gasteiger partial charge in [-0.25, -0.2) is 0 Å². The van der Waals surface area contributed by atoms with Gasteiger partial charge in [-0.3, -0.25) is 19.7 Å². The summed E-state index contributed by atoms with van der Waals surface area (Å²) >= 11 is 0. The van der Waals surface area contributed by atoms with Crippen molar-refractivity contribution in [1.29, 1.82) is 0 Å². The minimum atomic E-state index is -0.470. The third-order valence-electron chi connectivity index (χ3n) is 3.96. The Bertz CT molecular complexity index is 641. The van der Waals surface area contributed by atoms with Crippen LogP contribution in [0, 0.1) is 10.1 Å². The Morgan fingerprint density at radius 3 is 2.62 bits per heavy atom. The molecule has 2 rings (SSSR count). The van der Waals surface area contributed by atoms with Crippen LogP contribution in [-0.2, 0) is 9.53 Å². The normalized spacial score (nSPS) is 15.0. The molecule has 1 unspecified atom stereocenters. The second-order valence-electron chi connectivity index (χ2n) is 5.81. The van der Waals surface area contributed by atoms with Crippen LogP contribution in [0.5, 0.6) is 0 Å². The van der Waals surface area contributed by atoms with Crippen LogP contribution in [0.15, 0.2) is 18.2 Å². The molecule has 1 aliphatic rings. The Hall–Kier alpha value is -2.64. The van der Waals surface area contributed by atoms with Gasteiger partial charge in [0, 0.05) is 30.8 Å². The number of esters is 1. The number of ether oxygens (including phenoxy) is 1. The SMILES string of the molecule is COC(=O)CC(C)NC(=O)c1ccc(N2CCCC2)c([N+](=O)[O-])c1. The molecule has 1 N–H and O–H groups in total. The van der Waals surface area contributed by atoms with Gasteiger partial charge < -0.3 is 15.0 Å². The number of rotatable bonds is 6. The Morgan fingerprint density at radius 1 is 1.38 bits per heavy atom. The molecule has 1 aliphatic heterocycles. The molecular weight excluding hydrogens is 314 g/mol. The fourth-order valence-electron chi connectivity index (χ4n) is 2.73. The first-order valence-corrected chi connectivity index (χ1v) is 7.83. The number of nitrogens with zero attached hydrogens (tertiary/aromatic N) is 2. The van der Waals surface area contributed by atoms with E-state index in [-0.39, 0.29) is 17.7 Å². The Labute approximate surface area is 139 Å². The van der Waals surface area contributed by atoms with Crippen molar-refractivity contribution in [3.8, 4) is 0 Å². The van der Waals surface area contributed by atoms with E-state index in [2.05, 4.69) is 10.1 Å². The Balaban J connectivity index is 2.15. The molecule has 0 aromatic heterocycles. The van der Waals surface area contributed by atoms with Crippen molar-refractivity contribution in [2.24, 2.45) is 0 Å². The van der Waals surface area contributed by atoms with E-state index in [4.69, 9.17) is 0 Å². The van der Waals surface area contributed by atoms with Crippen molar-refractivity contribution in [1.82, 2.24) is 5.32 Å². The summed E-state index contributed by atoms with van der Waals surface area (Å²) in [5.41, 5.74) is 0.656. The Morgan fingerprint density at radius 2 is 2.04 bits per heavy atom. The number of anilines is 1. The molecule has 0 radical (unpaired) electrons. The number of methoxy groups -OCH3 is 1. The number of nitrogens with one attached hydrogen (secondary N) is 1. The second kappa shape index (κ2) is 7.76. The van der Waals surface area contributed by atoms with Gasteiger partial charge in [0.25, 0.3) is 11.6 Å². The number of nitro benzene ring substituents is 1. The van der Waals surface area contributed by atoms with Crippen molar-refractivity contribution in [3.05, 3.63) is 33.9 Å². The zero-order chi connectivity index (χ0) is 17.7. The minimum Gasteiger partial charge on any atom is -0.469 e. The summed E-state index contributed by atoms with van der Waals surface area (Å²) in [7, 11) is 1.28. The smallest absolute Gasteiger partial charge is 0.307 e. The number of hydrogen-bond donors (Lipinski definition) is 1. The first kappa shape index (κ1) is 17.7. The molecule has 0 bridgehead atoms. The van der Waals surface area contributed by atoms with Gasteiger partial charge in [-0.1, -0.05) is 0 Å². The van der Waals surface area contributed by atoms with Gasteiger partial charge in [-0.2, -0.15) is 0 Å². The lowest BCUT2D eigenvalue weighted by molar-refractivity contribution is -0.384. The van der Waals surface area contributed by atoms with Crippen LogP contribution < -0.4 is 10.2 Å². The number of carbonyl (C=O) groups is 2. The third-order valence-corrected chi connectivity index (χ3v) is 3.96. The zero-order valence-electron chi connectivity index (χ0n) is 13.8. The number of amides is 1. The van der Waals surface area contributed by atoms with Crippen molar-refractivity contribution in [2.45, 2.75) is 32.2 Å². The molecule has 1 aromatic carbocycles. The second-order valence-corrected chi connectivity index (χ2v) is 5.81. The average Bonchev–Trinajstić information content (AvgIpc) is 3.08. The molecule has 0 spiro atoms. The minimum absolute atomic E-state index is 0.0379. The largest absolute Gasteiger partial charge is 0.469 e. The van der Waals surface area contributed by atoms with Crippen molar-refractivity contribution in [2.75, 3.05) is 25.1 Å². The molecule has 1 amide bonds. The van der Waals surface area contributed by atoms with Gasteiger partial charge in [0.05, 0.1) is 18.5 Å². The lowest BCUT2D eigenvalue weighted by atomic mass is 10.1. The summed E-state index contributed by atoms with van der Waals surface area (Å²) in [6, 6.07) is 4.04. The average molecular weight is 335 g/mol. The number of hydrogen-bond acceptors (Lipinski definition) is 6. The fourth-order valence-corrected chi connectivity index (χ4v) is 2.73. The molecular formula is C16H21N3O5. The summed E-state index contributed by atoms with van der Waals surface area (Å²) in [6.45, 7) is 3.23. The molecule has 8 nitrogen and oxygen atoms in total. The van der Waals surface area contributed by atoms with Crippen LogP contribution in [0.3, 0.4) is 0 Å². The van der Waals surface area contributed by atoms with Crippen LogP contribution in [0.2, 0.25) is 0 Å². The summed E-state index contributed by atoms with van der Waals surface area (Å²) in [6.07, 6.45) is 2.05. The molecule has 1 heterocycles. The van der Waals surface area contributed by atoms with E-state index in [0.29, 0.717) is 5.69 Å². The molecule has 0 aliphatic carbocycles. The fraction of sp³-hybridized carbons (Fsp3) is 0.500. The first-order chi connectivity index (χ1) is 11.4. The summed E-state index contributed by atoms with van der Waals surface area (Å²) in [5, 5.41) is 14.0. The van der Waals surface area contributed by atoms with Gasteiger partial charge in [0.1, 0.15) is 5.69 Å². The van der Waals surface area contributed by atoms with E-state index >= 15 is 0 Å². The first-order valence-electron chi connectivity index (χ1n) is 7.83. The van der Waals surface area contributed by atoms with Crippen LogP contribution in [0.25, 0.3) is 0 Å². The van der Waals surface area contributed by atoms with Gasteiger partial charge >= 0.3 is 5.97 Å². The molecule has 8 heteroatoms. The van der Waals surface area contributed by atoms with E-state index in [0.717, 1.165) is 25.9 Å². The quantitative estimate of drug-likeness (QED) is 0.484. The van der Waals surface area contributed by atoms with Crippen LogP contribution in [0.4, 0.5) is 11.4 Å². The zero-order valence-corrected chi connectivity index (χ0v) is 13.8. The topological polar surface area (TPSA) is 102 Å². The molecule has 130 valence electrons. The number of benzene rings is 1. The summed E-state index contributed by atoms with van der Waals surface area (Å²) < 4.78 is 4.55. The highest BCUT2D eigenvalue weighted by Crippen LogP contribution is 2.31. The van der Waals surface area contributed by atoms with Crippen molar-refractivity contribution >= 4 is 23.3 Å². The highest BCUT2D eigenvalue weighted by Gasteiger charge is 2.24. The summed E-state index contributed by atoms with van der Waals surface area (Å²) in [5.74, 6) is -0.888. The maximum Gasteiger partial charge on any atom is 0.307 e. The number of carbonyl (C=O) groups excluding carboxylic acids is 2. The van der Waals surface area contributed by atoms with Crippen molar-refractivity contribution < 1.29 is 19.2 Å². The van der Waals surface area contributed by atoms with Gasteiger partial charge in [0.15, 0.2) is 0 Å². The highest BCUT2D eigenvalue weighted by atomic mass is 16.6. The molecule has 0 saturated carbocycles. The van der Waals surface area contributed by atoms with E-state index in [1.807, 2.05) is 4.90 Å².